The van der Waals surface area contributed by atoms with Crippen LogP contribution in [0, 0.1) is 5.41 Å². The molecule has 0 spiro atoms. The van der Waals surface area contributed by atoms with Crippen LogP contribution in [-0.2, 0) is 14.7 Å². The maximum absolute atomic E-state index is 10.4. The van der Waals surface area contributed by atoms with Gasteiger partial charge in [0.05, 0.1) is 6.61 Å². The van der Waals surface area contributed by atoms with Crippen LogP contribution < -0.4 is 4.74 Å². The molecule has 1 aromatic rings. The molecule has 0 heterocycles. The number of ether oxygens (including phenoxy) is 2. The average molecular weight is 327 g/mol. The summed E-state index contributed by atoms with van der Waals surface area (Å²) in [6, 6.07) is 8.14. The van der Waals surface area contributed by atoms with Gasteiger partial charge in [-0.1, -0.05) is 46.8 Å². The van der Waals surface area contributed by atoms with Gasteiger partial charge in [0.25, 0.3) is 6.35 Å². The quantitative estimate of drug-likeness (QED) is 0.565. The highest BCUT2D eigenvalue weighted by atomic mass is 31.1. The Morgan fingerprint density at radius 3 is 2.14 bits per heavy atom. The van der Waals surface area contributed by atoms with E-state index in [4.69, 9.17) is 14.4 Å². The van der Waals surface area contributed by atoms with Gasteiger partial charge < -0.3 is 9.47 Å². The third kappa shape index (κ3) is 7.35. The Morgan fingerprint density at radius 1 is 1.05 bits per heavy atom. The lowest BCUT2D eigenvalue weighted by Crippen LogP contribution is -2.24. The molecule has 0 saturated carbocycles. The summed E-state index contributed by atoms with van der Waals surface area (Å²) in [5.41, 5.74) is 1.69. The zero-order valence-electron chi connectivity index (χ0n) is 14.3. The minimum Gasteiger partial charge on any atom is -0.491 e. The van der Waals surface area contributed by atoms with E-state index in [1.165, 1.54) is 5.56 Å². The first-order valence-electron chi connectivity index (χ1n) is 7.55. The van der Waals surface area contributed by atoms with E-state index in [1.807, 2.05) is 12.1 Å². The first kappa shape index (κ1) is 19.1. The summed E-state index contributed by atoms with van der Waals surface area (Å²) < 4.78 is 21.0. The van der Waals surface area contributed by atoms with Crippen LogP contribution in [0.5, 0.6) is 5.75 Å². The summed E-state index contributed by atoms with van der Waals surface area (Å²) in [5, 5.41) is 0. The number of hydrogen-bond donors (Lipinski definition) is 1. The standard InChI is InChI=1S/C17H27O4P/c1-16(2,3)12-17(4,5)14-6-8-15(9-7-14)21-11-10-20-13-22(18)19/h6-9H,10-13H2,1-5H3/p+1. The molecule has 0 radical (unpaired) electrons. The lowest BCUT2D eigenvalue weighted by atomic mass is 9.72. The van der Waals surface area contributed by atoms with Crippen molar-refractivity contribution >= 4 is 8.03 Å². The molecule has 1 aromatic carbocycles. The van der Waals surface area contributed by atoms with E-state index < -0.39 is 8.03 Å². The van der Waals surface area contributed by atoms with E-state index >= 15 is 0 Å². The zero-order valence-corrected chi connectivity index (χ0v) is 15.2. The summed E-state index contributed by atoms with van der Waals surface area (Å²) in [7, 11) is -2.23. The Labute approximate surface area is 134 Å². The average Bonchev–Trinajstić information content (AvgIpc) is 2.35. The second-order valence-electron chi connectivity index (χ2n) is 7.38. The smallest absolute Gasteiger partial charge is 0.491 e. The van der Waals surface area contributed by atoms with Crippen molar-refractivity contribution in [2.45, 2.75) is 46.5 Å². The molecule has 1 rings (SSSR count). The van der Waals surface area contributed by atoms with Crippen molar-refractivity contribution in [1.29, 1.82) is 0 Å². The van der Waals surface area contributed by atoms with E-state index in [0.717, 1.165) is 12.2 Å². The minimum absolute atomic E-state index is 0.117. The van der Waals surface area contributed by atoms with Crippen LogP contribution in [0.25, 0.3) is 0 Å². The molecule has 1 unspecified atom stereocenters. The first-order valence-corrected chi connectivity index (χ1v) is 8.95. The molecule has 1 N–H and O–H groups in total. The molecule has 4 nitrogen and oxygen atoms in total. The van der Waals surface area contributed by atoms with Crippen LogP contribution in [0.4, 0.5) is 0 Å². The van der Waals surface area contributed by atoms with Gasteiger partial charge in [-0.25, -0.2) is 0 Å². The van der Waals surface area contributed by atoms with Crippen LogP contribution >= 0.6 is 8.03 Å². The predicted octanol–water partition coefficient (Wildman–Crippen LogP) is 4.49. The molecule has 0 aliphatic heterocycles. The van der Waals surface area contributed by atoms with E-state index in [0.29, 0.717) is 13.2 Å². The number of hydrogen-bond acceptors (Lipinski definition) is 3. The maximum atomic E-state index is 10.4. The monoisotopic (exact) mass is 327 g/mol. The molecule has 5 heteroatoms. The van der Waals surface area contributed by atoms with Crippen molar-refractivity contribution < 1.29 is 18.9 Å². The van der Waals surface area contributed by atoms with Crippen LogP contribution in [0.3, 0.4) is 0 Å². The fourth-order valence-electron chi connectivity index (χ4n) is 2.79. The van der Waals surface area contributed by atoms with Gasteiger partial charge in [0.15, 0.2) is 0 Å². The van der Waals surface area contributed by atoms with Gasteiger partial charge in [-0.15, -0.1) is 0 Å². The molecule has 0 saturated heterocycles. The molecule has 0 aliphatic carbocycles. The third-order valence-corrected chi connectivity index (χ3v) is 3.71. The Morgan fingerprint density at radius 2 is 1.64 bits per heavy atom. The molecule has 0 fully saturated rings. The van der Waals surface area contributed by atoms with Crippen LogP contribution in [-0.4, -0.2) is 24.5 Å². The first-order chi connectivity index (χ1) is 10.1. The number of rotatable bonds is 8. The van der Waals surface area contributed by atoms with Crippen LogP contribution in [0.15, 0.2) is 24.3 Å². The van der Waals surface area contributed by atoms with Crippen molar-refractivity contribution in [3.05, 3.63) is 29.8 Å². The molecule has 1 atom stereocenters. The van der Waals surface area contributed by atoms with E-state index in [-0.39, 0.29) is 17.2 Å². The molecule has 0 aromatic heterocycles. The van der Waals surface area contributed by atoms with Crippen molar-refractivity contribution in [1.82, 2.24) is 0 Å². The summed E-state index contributed by atoms with van der Waals surface area (Å²) in [5.74, 6) is 0.785. The van der Waals surface area contributed by atoms with Crippen LogP contribution in [0.1, 0.15) is 46.6 Å². The Hall–Kier alpha value is -0.960. The lowest BCUT2D eigenvalue weighted by molar-refractivity contribution is 0.128. The lowest BCUT2D eigenvalue weighted by Gasteiger charge is -2.33. The van der Waals surface area contributed by atoms with Gasteiger partial charge in [0, 0.05) is 0 Å². The largest absolute Gasteiger partial charge is 0.534 e. The van der Waals surface area contributed by atoms with Gasteiger partial charge >= 0.3 is 8.03 Å². The Kier molecular flexibility index (Phi) is 6.98. The van der Waals surface area contributed by atoms with Gasteiger partial charge in [0.1, 0.15) is 12.4 Å². The summed E-state index contributed by atoms with van der Waals surface area (Å²) in [6.45, 7) is 12.0. The Balaban J connectivity index is 2.50. The third-order valence-electron chi connectivity index (χ3n) is 3.31. The SMILES string of the molecule is CC(C)(C)CC(C)(C)c1ccc(OCCOC[P+](=O)O)cc1. The van der Waals surface area contributed by atoms with Crippen molar-refractivity contribution in [3.8, 4) is 5.75 Å². The molecule has 0 bridgehead atoms. The Bertz CT molecular complexity index is 474. The summed E-state index contributed by atoms with van der Waals surface area (Å²) in [6.07, 6.45) is 0.964. The van der Waals surface area contributed by atoms with E-state index in [9.17, 15) is 4.57 Å². The molecular formula is C17H28O4P+. The van der Waals surface area contributed by atoms with E-state index in [1.54, 1.807) is 0 Å². The second kappa shape index (κ2) is 8.05. The van der Waals surface area contributed by atoms with Crippen molar-refractivity contribution in [2.75, 3.05) is 19.6 Å². The highest BCUT2D eigenvalue weighted by Gasteiger charge is 2.27. The van der Waals surface area contributed by atoms with Crippen molar-refractivity contribution in [2.24, 2.45) is 5.41 Å². The normalized spacial score (nSPS) is 13.1. The fourth-order valence-corrected chi connectivity index (χ4v) is 3.08. The zero-order chi connectivity index (χ0) is 16.8. The molecule has 124 valence electrons. The van der Waals surface area contributed by atoms with E-state index in [2.05, 4.69) is 46.8 Å². The maximum Gasteiger partial charge on any atom is 0.534 e. The number of benzene rings is 1. The highest BCUT2D eigenvalue weighted by molar-refractivity contribution is 7.37. The second-order valence-corrected chi connectivity index (χ2v) is 8.35. The van der Waals surface area contributed by atoms with Crippen molar-refractivity contribution in [3.63, 3.8) is 0 Å². The predicted molar refractivity (Wildman–Crippen MR) is 89.7 cm³/mol. The minimum atomic E-state index is -2.23. The van der Waals surface area contributed by atoms with Gasteiger partial charge in [0.2, 0.25) is 0 Å². The summed E-state index contributed by atoms with van der Waals surface area (Å²) >= 11 is 0. The molecule has 0 amide bonds. The molecule has 0 aliphatic rings. The fraction of sp³-hybridized carbons (Fsp3) is 0.647. The van der Waals surface area contributed by atoms with Gasteiger partial charge in [-0.2, -0.15) is 4.89 Å². The topological polar surface area (TPSA) is 55.8 Å². The molecular weight excluding hydrogens is 299 g/mol. The van der Waals surface area contributed by atoms with Gasteiger partial charge in [-0.3, -0.25) is 0 Å². The van der Waals surface area contributed by atoms with Crippen LogP contribution in [0.2, 0.25) is 0 Å². The summed E-state index contributed by atoms with van der Waals surface area (Å²) in [4.78, 5) is 8.60. The molecule has 22 heavy (non-hydrogen) atoms. The highest BCUT2D eigenvalue weighted by Crippen LogP contribution is 2.36. The van der Waals surface area contributed by atoms with Gasteiger partial charge in [-0.05, 0) is 39.5 Å².